The van der Waals surface area contributed by atoms with Gasteiger partial charge in [0.05, 0.1) is 17.2 Å². The van der Waals surface area contributed by atoms with Gasteiger partial charge in [0, 0.05) is 23.9 Å². The minimum absolute atomic E-state index is 0.180. The monoisotopic (exact) mass is 474 g/mol. The molecule has 168 valence electrons. The van der Waals surface area contributed by atoms with E-state index in [2.05, 4.69) is 14.8 Å². The van der Waals surface area contributed by atoms with E-state index in [0.29, 0.717) is 41.0 Å². The molecule has 4 aromatic rings. The zero-order valence-corrected chi connectivity index (χ0v) is 19.3. The fourth-order valence-corrected chi connectivity index (χ4v) is 4.91. The van der Waals surface area contributed by atoms with Crippen LogP contribution in [0.4, 0.5) is 4.39 Å². The van der Waals surface area contributed by atoms with E-state index < -0.39 is 10.0 Å². The second-order valence-electron chi connectivity index (χ2n) is 7.69. The van der Waals surface area contributed by atoms with E-state index in [0.717, 1.165) is 5.69 Å². The van der Waals surface area contributed by atoms with Crippen LogP contribution >= 0.6 is 11.3 Å². The van der Waals surface area contributed by atoms with Gasteiger partial charge in [-0.3, -0.25) is 0 Å². The van der Waals surface area contributed by atoms with E-state index >= 15 is 0 Å². The Balaban J connectivity index is 1.40. The second-order valence-corrected chi connectivity index (χ2v) is 10.3. The highest BCUT2D eigenvalue weighted by Crippen LogP contribution is 2.22. The summed E-state index contributed by atoms with van der Waals surface area (Å²) in [5.74, 6) is 1.10. The summed E-state index contributed by atoms with van der Waals surface area (Å²) in [6, 6.07) is 12.5. The molecule has 7 nitrogen and oxygen atoms in total. The summed E-state index contributed by atoms with van der Waals surface area (Å²) in [4.78, 5) is 5.28. The number of nitrogens with one attached hydrogen (secondary N) is 1. The van der Waals surface area contributed by atoms with E-state index in [1.165, 1.54) is 35.6 Å². The first-order chi connectivity index (χ1) is 15.3. The van der Waals surface area contributed by atoms with Crippen LogP contribution in [0.5, 0.6) is 5.75 Å². The number of thiazole rings is 1. The largest absolute Gasteiger partial charge is 0.493 e. The summed E-state index contributed by atoms with van der Waals surface area (Å²) in [6.07, 6.45) is 0.431. The molecule has 0 spiro atoms. The number of rotatable bonds is 9. The number of fused-ring (bicyclic) bond motifs is 1. The molecule has 0 radical (unpaired) electrons. The average molecular weight is 475 g/mol. The lowest BCUT2D eigenvalue weighted by atomic mass is 10.2. The van der Waals surface area contributed by atoms with Crippen molar-refractivity contribution < 1.29 is 17.5 Å². The Bertz CT molecular complexity index is 1310. The maximum atomic E-state index is 13.5. The predicted molar refractivity (Wildman–Crippen MR) is 122 cm³/mol. The Labute approximate surface area is 189 Å². The Morgan fingerprint density at radius 3 is 2.69 bits per heavy atom. The number of aromatic nitrogens is 3. The molecule has 0 aliphatic heterocycles. The summed E-state index contributed by atoms with van der Waals surface area (Å²) in [6.45, 7) is 4.87. The predicted octanol–water partition coefficient (Wildman–Crippen LogP) is 4.15. The van der Waals surface area contributed by atoms with Crippen LogP contribution in [0.15, 0.2) is 58.8 Å². The molecular weight excluding hydrogens is 451 g/mol. The van der Waals surface area contributed by atoms with Crippen molar-refractivity contribution in [1.82, 2.24) is 19.3 Å². The van der Waals surface area contributed by atoms with Crippen molar-refractivity contribution in [2.24, 2.45) is 5.92 Å². The average Bonchev–Trinajstić information content (AvgIpc) is 3.34. The van der Waals surface area contributed by atoms with Crippen molar-refractivity contribution in [3.63, 3.8) is 0 Å². The van der Waals surface area contributed by atoms with Crippen molar-refractivity contribution in [2.75, 3.05) is 13.2 Å². The lowest BCUT2D eigenvalue weighted by Gasteiger charge is -2.10. The number of halogens is 1. The van der Waals surface area contributed by atoms with Crippen LogP contribution in [-0.2, 0) is 16.4 Å². The zero-order chi connectivity index (χ0) is 22.7. The van der Waals surface area contributed by atoms with Crippen LogP contribution in [0.1, 0.15) is 19.5 Å². The lowest BCUT2D eigenvalue weighted by molar-refractivity contribution is 0.271. The van der Waals surface area contributed by atoms with Crippen LogP contribution in [0.2, 0.25) is 0 Å². The first-order valence-electron chi connectivity index (χ1n) is 10.1. The van der Waals surface area contributed by atoms with Gasteiger partial charge >= 0.3 is 0 Å². The van der Waals surface area contributed by atoms with Gasteiger partial charge in [-0.25, -0.2) is 22.0 Å². The summed E-state index contributed by atoms with van der Waals surface area (Å²) in [5, 5.41) is 6.34. The molecule has 0 aliphatic carbocycles. The highest BCUT2D eigenvalue weighted by Gasteiger charge is 2.16. The SMILES string of the molecule is CC(C)COc1ccc(S(=O)(=O)NCCc2csc3nc(-c4cccc(F)c4)nn23)cc1. The normalized spacial score (nSPS) is 12.0. The number of nitrogens with zero attached hydrogens (tertiary/aromatic N) is 3. The van der Waals surface area contributed by atoms with E-state index in [-0.39, 0.29) is 17.3 Å². The second kappa shape index (κ2) is 9.35. The molecule has 2 aromatic heterocycles. The van der Waals surface area contributed by atoms with E-state index in [1.807, 2.05) is 19.2 Å². The molecule has 2 aromatic carbocycles. The van der Waals surface area contributed by atoms with E-state index in [4.69, 9.17) is 4.74 Å². The van der Waals surface area contributed by atoms with Gasteiger partial charge in [-0.1, -0.05) is 26.0 Å². The van der Waals surface area contributed by atoms with Crippen LogP contribution in [0.3, 0.4) is 0 Å². The van der Waals surface area contributed by atoms with Crippen LogP contribution < -0.4 is 9.46 Å². The first kappa shape index (κ1) is 22.4. The molecule has 1 N–H and O–H groups in total. The Morgan fingerprint density at radius 1 is 1.19 bits per heavy atom. The highest BCUT2D eigenvalue weighted by molar-refractivity contribution is 7.89. The van der Waals surface area contributed by atoms with Crippen LogP contribution in [0, 0.1) is 11.7 Å². The molecule has 0 bridgehead atoms. The fraction of sp³-hybridized carbons (Fsp3) is 0.273. The van der Waals surface area contributed by atoms with Crippen molar-refractivity contribution in [3.8, 4) is 17.1 Å². The van der Waals surface area contributed by atoms with Gasteiger partial charge in [-0.2, -0.15) is 4.98 Å². The van der Waals surface area contributed by atoms with Gasteiger partial charge in [-0.15, -0.1) is 16.4 Å². The van der Waals surface area contributed by atoms with Gasteiger partial charge in [0.2, 0.25) is 15.0 Å². The molecular formula is C22H23FN4O3S2. The number of ether oxygens (including phenoxy) is 1. The molecule has 0 saturated heterocycles. The third-order valence-corrected chi connectivity index (χ3v) is 6.97. The smallest absolute Gasteiger partial charge is 0.240 e. The number of hydrogen-bond acceptors (Lipinski definition) is 6. The highest BCUT2D eigenvalue weighted by atomic mass is 32.2. The number of benzene rings is 2. The van der Waals surface area contributed by atoms with E-state index in [9.17, 15) is 12.8 Å². The summed E-state index contributed by atoms with van der Waals surface area (Å²) in [5.41, 5.74) is 1.41. The van der Waals surface area contributed by atoms with Gasteiger partial charge < -0.3 is 4.74 Å². The standard InChI is InChI=1S/C22H23FN4O3S2/c1-15(2)13-30-19-6-8-20(9-7-19)32(28,29)24-11-10-18-14-31-22-25-21(26-27(18)22)16-4-3-5-17(23)12-16/h3-9,12,14-15,24H,10-11,13H2,1-2H3. The molecule has 0 saturated carbocycles. The molecule has 0 unspecified atom stereocenters. The van der Waals surface area contributed by atoms with Gasteiger partial charge in [0.15, 0.2) is 5.82 Å². The van der Waals surface area contributed by atoms with Gasteiger partial charge in [0.25, 0.3) is 0 Å². The fourth-order valence-electron chi connectivity index (χ4n) is 3.02. The van der Waals surface area contributed by atoms with Crippen molar-refractivity contribution in [2.45, 2.75) is 25.2 Å². The Hall–Kier alpha value is -2.82. The molecule has 10 heteroatoms. The first-order valence-corrected chi connectivity index (χ1v) is 12.5. The molecule has 4 rings (SSSR count). The summed E-state index contributed by atoms with van der Waals surface area (Å²) < 4.78 is 48.6. The molecule has 0 amide bonds. The zero-order valence-electron chi connectivity index (χ0n) is 17.7. The minimum Gasteiger partial charge on any atom is -0.493 e. The third-order valence-electron chi connectivity index (χ3n) is 4.62. The molecule has 0 fully saturated rings. The maximum Gasteiger partial charge on any atom is 0.240 e. The quantitative estimate of drug-likeness (QED) is 0.394. The van der Waals surface area contributed by atoms with Gasteiger partial charge in [0.1, 0.15) is 11.6 Å². The van der Waals surface area contributed by atoms with Crippen molar-refractivity contribution in [1.29, 1.82) is 0 Å². The third kappa shape index (κ3) is 5.14. The van der Waals surface area contributed by atoms with Crippen LogP contribution in [-0.4, -0.2) is 36.2 Å². The van der Waals surface area contributed by atoms with Gasteiger partial charge in [-0.05, 0) is 42.3 Å². The molecule has 2 heterocycles. The number of sulfonamides is 1. The lowest BCUT2D eigenvalue weighted by Crippen LogP contribution is -2.26. The summed E-state index contributed by atoms with van der Waals surface area (Å²) >= 11 is 1.40. The molecule has 0 atom stereocenters. The number of hydrogen-bond donors (Lipinski definition) is 1. The van der Waals surface area contributed by atoms with Crippen molar-refractivity contribution >= 4 is 26.3 Å². The topological polar surface area (TPSA) is 85.6 Å². The van der Waals surface area contributed by atoms with Crippen LogP contribution in [0.25, 0.3) is 16.3 Å². The molecule has 32 heavy (non-hydrogen) atoms. The maximum absolute atomic E-state index is 13.5. The summed E-state index contributed by atoms with van der Waals surface area (Å²) in [7, 11) is -3.65. The Kier molecular flexibility index (Phi) is 6.54. The molecule has 0 aliphatic rings. The van der Waals surface area contributed by atoms with E-state index in [1.54, 1.807) is 28.8 Å². The van der Waals surface area contributed by atoms with Crippen molar-refractivity contribution in [3.05, 3.63) is 65.4 Å². The Morgan fingerprint density at radius 2 is 1.97 bits per heavy atom. The minimum atomic E-state index is -3.65.